The van der Waals surface area contributed by atoms with E-state index in [1.807, 2.05) is 0 Å². The van der Waals surface area contributed by atoms with Crippen LogP contribution in [0.25, 0.3) is 10.8 Å². The zero-order valence-corrected chi connectivity index (χ0v) is 12.2. The number of benzene rings is 2. The largest absolute Gasteiger partial charge is 0.373 e. The van der Waals surface area contributed by atoms with Crippen LogP contribution >= 0.6 is 0 Å². The molecule has 0 amide bonds. The molecule has 0 unspecified atom stereocenters. The molecule has 1 saturated heterocycles. The molecule has 0 atom stereocenters. The van der Waals surface area contributed by atoms with E-state index in [0.29, 0.717) is 0 Å². The summed E-state index contributed by atoms with van der Waals surface area (Å²) in [5.41, 5.74) is 1.30. The van der Waals surface area contributed by atoms with Crippen LogP contribution in [0.15, 0.2) is 42.5 Å². The Morgan fingerprint density at radius 2 is 1.80 bits per heavy atom. The monoisotopic (exact) mass is 269 g/mol. The van der Waals surface area contributed by atoms with Crippen LogP contribution in [0.4, 0.5) is 5.69 Å². The topological polar surface area (TPSA) is 18.5 Å². The molecular formula is C17H23N3. The molecule has 0 aliphatic carbocycles. The average molecular weight is 269 g/mol. The zero-order chi connectivity index (χ0) is 13.8. The van der Waals surface area contributed by atoms with Gasteiger partial charge in [-0.15, -0.1) is 0 Å². The third-order valence-electron chi connectivity index (χ3n) is 4.14. The Hall–Kier alpha value is -1.58. The molecule has 0 bridgehead atoms. The summed E-state index contributed by atoms with van der Waals surface area (Å²) in [6.45, 7) is 6.82. The Morgan fingerprint density at radius 3 is 2.60 bits per heavy atom. The number of fused-ring (bicyclic) bond motifs is 1. The third kappa shape index (κ3) is 3.11. The van der Waals surface area contributed by atoms with E-state index >= 15 is 0 Å². The number of rotatable bonds is 4. The zero-order valence-electron chi connectivity index (χ0n) is 12.2. The predicted molar refractivity (Wildman–Crippen MR) is 86.5 cm³/mol. The van der Waals surface area contributed by atoms with Crippen LogP contribution in [-0.2, 0) is 0 Å². The normalized spacial score (nSPS) is 16.4. The minimum Gasteiger partial charge on any atom is -0.373 e. The highest BCUT2D eigenvalue weighted by Gasteiger charge is 2.10. The smallest absolute Gasteiger partial charge is 0.0370 e. The molecule has 1 fully saturated rings. The first kappa shape index (κ1) is 13.4. The minimum absolute atomic E-state index is 1.08. The summed E-state index contributed by atoms with van der Waals surface area (Å²) < 4.78 is 0. The van der Waals surface area contributed by atoms with Crippen molar-refractivity contribution in [1.29, 1.82) is 0 Å². The Morgan fingerprint density at radius 1 is 1.05 bits per heavy atom. The van der Waals surface area contributed by atoms with Gasteiger partial charge >= 0.3 is 0 Å². The molecule has 0 saturated carbocycles. The minimum atomic E-state index is 1.08. The lowest BCUT2D eigenvalue weighted by Gasteiger charge is -2.29. The fourth-order valence-corrected chi connectivity index (χ4v) is 2.77. The summed E-state index contributed by atoms with van der Waals surface area (Å²) in [5.74, 6) is 0. The van der Waals surface area contributed by atoms with Gasteiger partial charge in [-0.1, -0.05) is 30.3 Å². The summed E-state index contributed by atoms with van der Waals surface area (Å²) in [6, 6.07) is 15.3. The van der Waals surface area contributed by atoms with Crippen molar-refractivity contribution < 1.29 is 0 Å². The van der Waals surface area contributed by atoms with Crippen LogP contribution in [0.5, 0.6) is 0 Å². The first-order chi connectivity index (χ1) is 9.83. The van der Waals surface area contributed by atoms with Crippen molar-refractivity contribution in [1.82, 2.24) is 10.2 Å². The number of hydrogen-bond acceptors (Lipinski definition) is 3. The van der Waals surface area contributed by atoms with Crippen molar-refractivity contribution in [2.45, 2.75) is 0 Å². The van der Waals surface area contributed by atoms with Crippen molar-refractivity contribution in [2.75, 3.05) is 51.2 Å². The molecule has 1 aliphatic rings. The summed E-state index contributed by atoms with van der Waals surface area (Å²) in [6.07, 6.45) is 0. The molecule has 1 N–H and O–H groups in total. The van der Waals surface area contributed by atoms with Crippen molar-refractivity contribution >= 4 is 16.5 Å². The number of hydrogen-bond donors (Lipinski definition) is 1. The molecule has 0 radical (unpaired) electrons. The van der Waals surface area contributed by atoms with Gasteiger partial charge in [-0.2, -0.15) is 0 Å². The lowest BCUT2D eigenvalue weighted by molar-refractivity contribution is 0.246. The standard InChI is InChI=1S/C17H23N3/c1-19(12-13-20-10-8-18-9-11-20)17-7-6-15-4-2-3-5-16(15)14-17/h2-7,14,18H,8-13H2,1H3. The quantitative estimate of drug-likeness (QED) is 0.918. The molecule has 3 rings (SSSR count). The molecule has 0 spiro atoms. The fourth-order valence-electron chi connectivity index (χ4n) is 2.77. The van der Waals surface area contributed by atoms with Crippen molar-refractivity contribution in [3.63, 3.8) is 0 Å². The molecule has 1 heterocycles. The van der Waals surface area contributed by atoms with Gasteiger partial charge in [0.1, 0.15) is 0 Å². The maximum Gasteiger partial charge on any atom is 0.0370 e. The number of nitrogens with one attached hydrogen (secondary N) is 1. The van der Waals surface area contributed by atoms with Gasteiger partial charge in [0.05, 0.1) is 0 Å². The average Bonchev–Trinajstić information content (AvgIpc) is 2.53. The van der Waals surface area contributed by atoms with E-state index in [9.17, 15) is 0 Å². The SMILES string of the molecule is CN(CCN1CCNCC1)c1ccc2ccccc2c1. The number of nitrogens with zero attached hydrogens (tertiary/aromatic N) is 2. The molecule has 1 aliphatic heterocycles. The highest BCUT2D eigenvalue weighted by Crippen LogP contribution is 2.21. The van der Waals surface area contributed by atoms with Crippen molar-refractivity contribution in [3.8, 4) is 0 Å². The number of piperazine rings is 1. The van der Waals surface area contributed by atoms with Crippen LogP contribution in [0.2, 0.25) is 0 Å². The second kappa shape index (κ2) is 6.25. The second-order valence-corrected chi connectivity index (χ2v) is 5.54. The molecule has 2 aromatic carbocycles. The maximum atomic E-state index is 3.40. The Labute approximate surface area is 121 Å². The Bertz CT molecular complexity index is 561. The lowest BCUT2D eigenvalue weighted by atomic mass is 10.1. The summed E-state index contributed by atoms with van der Waals surface area (Å²) in [7, 11) is 2.19. The second-order valence-electron chi connectivity index (χ2n) is 5.54. The van der Waals surface area contributed by atoms with Gasteiger partial charge < -0.3 is 10.2 Å². The van der Waals surface area contributed by atoms with Gasteiger partial charge in [-0.3, -0.25) is 4.90 Å². The first-order valence-corrected chi connectivity index (χ1v) is 7.46. The van der Waals surface area contributed by atoms with E-state index in [2.05, 4.69) is 64.6 Å². The van der Waals surface area contributed by atoms with Crippen LogP contribution < -0.4 is 10.2 Å². The highest BCUT2D eigenvalue weighted by molar-refractivity contribution is 5.85. The summed E-state index contributed by atoms with van der Waals surface area (Å²) in [5, 5.41) is 6.03. The van der Waals surface area contributed by atoms with E-state index in [4.69, 9.17) is 0 Å². The maximum absolute atomic E-state index is 3.40. The first-order valence-electron chi connectivity index (χ1n) is 7.46. The van der Waals surface area contributed by atoms with Gasteiger partial charge in [0.2, 0.25) is 0 Å². The number of anilines is 1. The molecule has 20 heavy (non-hydrogen) atoms. The van der Waals surface area contributed by atoms with E-state index in [-0.39, 0.29) is 0 Å². The third-order valence-corrected chi connectivity index (χ3v) is 4.14. The number of likely N-dealkylation sites (N-methyl/N-ethyl adjacent to an activating group) is 1. The van der Waals surface area contributed by atoms with Gasteiger partial charge in [0.25, 0.3) is 0 Å². The van der Waals surface area contributed by atoms with E-state index < -0.39 is 0 Å². The summed E-state index contributed by atoms with van der Waals surface area (Å²) >= 11 is 0. The van der Waals surface area contributed by atoms with Crippen LogP contribution in [-0.4, -0.2) is 51.2 Å². The van der Waals surface area contributed by atoms with Crippen LogP contribution in [0.3, 0.4) is 0 Å². The van der Waals surface area contributed by atoms with Gasteiger partial charge in [-0.25, -0.2) is 0 Å². The summed E-state index contributed by atoms with van der Waals surface area (Å²) in [4.78, 5) is 4.89. The van der Waals surface area contributed by atoms with E-state index in [1.54, 1.807) is 0 Å². The molecule has 2 aromatic rings. The van der Waals surface area contributed by atoms with Gasteiger partial charge in [0.15, 0.2) is 0 Å². The fraction of sp³-hybridized carbons (Fsp3) is 0.412. The van der Waals surface area contributed by atoms with Crippen molar-refractivity contribution in [3.05, 3.63) is 42.5 Å². The molecule has 106 valence electrons. The Balaban J connectivity index is 1.64. The lowest BCUT2D eigenvalue weighted by Crippen LogP contribution is -2.46. The molecule has 3 heteroatoms. The molecular weight excluding hydrogens is 246 g/mol. The van der Waals surface area contributed by atoms with Crippen LogP contribution in [0.1, 0.15) is 0 Å². The van der Waals surface area contributed by atoms with E-state index in [0.717, 1.165) is 26.2 Å². The van der Waals surface area contributed by atoms with Gasteiger partial charge in [-0.05, 0) is 22.9 Å². The van der Waals surface area contributed by atoms with E-state index in [1.165, 1.54) is 29.5 Å². The molecule has 3 nitrogen and oxygen atoms in total. The molecule has 0 aromatic heterocycles. The van der Waals surface area contributed by atoms with Crippen LogP contribution in [0, 0.1) is 0 Å². The van der Waals surface area contributed by atoms with Crippen molar-refractivity contribution in [2.24, 2.45) is 0 Å². The Kier molecular flexibility index (Phi) is 4.19. The van der Waals surface area contributed by atoms with Gasteiger partial charge in [0, 0.05) is 52.0 Å². The predicted octanol–water partition coefficient (Wildman–Crippen LogP) is 2.18. The highest BCUT2D eigenvalue weighted by atomic mass is 15.2.